The van der Waals surface area contributed by atoms with E-state index in [9.17, 15) is 4.79 Å². The van der Waals surface area contributed by atoms with Crippen molar-refractivity contribution in [1.29, 1.82) is 5.26 Å². The summed E-state index contributed by atoms with van der Waals surface area (Å²) in [7, 11) is 3.37. The van der Waals surface area contributed by atoms with E-state index in [1.165, 1.54) is 0 Å². The van der Waals surface area contributed by atoms with E-state index in [-0.39, 0.29) is 18.1 Å². The Morgan fingerprint density at radius 2 is 2.13 bits per heavy atom. The molecule has 1 aromatic rings. The zero-order valence-corrected chi connectivity index (χ0v) is 13.6. The molecule has 1 aliphatic heterocycles. The van der Waals surface area contributed by atoms with Crippen LogP contribution in [0.2, 0.25) is 0 Å². The number of amides is 1. The molecule has 2 rings (SSSR count). The highest BCUT2D eigenvalue weighted by atomic mass is 16.5. The van der Waals surface area contributed by atoms with Crippen LogP contribution >= 0.6 is 0 Å². The molecule has 6 heteroatoms. The number of nitrogens with one attached hydrogen (secondary N) is 1. The van der Waals surface area contributed by atoms with Crippen molar-refractivity contribution in [2.45, 2.75) is 25.1 Å². The number of rotatable bonds is 7. The topological polar surface area (TPSA) is 74.6 Å². The van der Waals surface area contributed by atoms with E-state index in [0.29, 0.717) is 25.3 Å². The average Bonchev–Trinajstić information content (AvgIpc) is 2.95. The number of nitriles is 1. The van der Waals surface area contributed by atoms with Gasteiger partial charge < -0.3 is 14.8 Å². The lowest BCUT2D eigenvalue weighted by Gasteiger charge is -2.22. The number of carbonyl (C=O) groups excluding carboxylic acids is 1. The van der Waals surface area contributed by atoms with Gasteiger partial charge in [-0.2, -0.15) is 5.26 Å². The van der Waals surface area contributed by atoms with Crippen LogP contribution in [0, 0.1) is 11.3 Å². The van der Waals surface area contributed by atoms with Crippen LogP contribution in [0.25, 0.3) is 0 Å². The van der Waals surface area contributed by atoms with E-state index >= 15 is 0 Å². The summed E-state index contributed by atoms with van der Waals surface area (Å²) < 4.78 is 10.6. The predicted octanol–water partition coefficient (Wildman–Crippen LogP) is 0.910. The Bertz CT molecular complexity index is 553. The van der Waals surface area contributed by atoms with Crippen LogP contribution in [0.5, 0.6) is 0 Å². The van der Waals surface area contributed by atoms with Gasteiger partial charge >= 0.3 is 0 Å². The Hall–Kier alpha value is -1.94. The molecule has 1 heterocycles. The lowest BCUT2D eigenvalue weighted by molar-refractivity contribution is -0.122. The van der Waals surface area contributed by atoms with E-state index < -0.39 is 0 Å². The van der Waals surface area contributed by atoms with Crippen LogP contribution < -0.4 is 5.32 Å². The minimum atomic E-state index is -0.0211. The van der Waals surface area contributed by atoms with Crippen LogP contribution in [0.3, 0.4) is 0 Å². The summed E-state index contributed by atoms with van der Waals surface area (Å²) in [6.45, 7) is 2.14. The van der Waals surface area contributed by atoms with Crippen molar-refractivity contribution in [2.24, 2.45) is 0 Å². The molecular formula is C17H23N3O3. The molecule has 23 heavy (non-hydrogen) atoms. The first-order chi connectivity index (χ1) is 11.2. The van der Waals surface area contributed by atoms with Gasteiger partial charge in [-0.3, -0.25) is 9.69 Å². The molecule has 6 nitrogen and oxygen atoms in total. The standard InChI is InChI=1S/C17H23N3O3/c1-22-12-15-7-16(23-2)10-20(15)11-17(21)19-9-14-5-3-13(8-18)4-6-14/h3-6,15-16H,7,9-12H2,1-2H3,(H,19,21)/t15-,16-/m0/s1. The minimum Gasteiger partial charge on any atom is -0.383 e. The van der Waals surface area contributed by atoms with Crippen molar-refractivity contribution in [3.05, 3.63) is 35.4 Å². The number of carbonyl (C=O) groups is 1. The van der Waals surface area contributed by atoms with E-state index in [1.807, 2.05) is 12.1 Å². The molecule has 124 valence electrons. The van der Waals surface area contributed by atoms with Gasteiger partial charge in [0.15, 0.2) is 0 Å². The maximum atomic E-state index is 12.2. The lowest BCUT2D eigenvalue weighted by Crippen LogP contribution is -2.41. The van der Waals surface area contributed by atoms with Gasteiger partial charge in [-0.1, -0.05) is 12.1 Å². The fraction of sp³-hybridized carbons (Fsp3) is 0.529. The Morgan fingerprint density at radius 1 is 1.39 bits per heavy atom. The van der Waals surface area contributed by atoms with E-state index in [2.05, 4.69) is 16.3 Å². The number of methoxy groups -OCH3 is 2. The van der Waals surface area contributed by atoms with Crippen LogP contribution in [0.4, 0.5) is 0 Å². The third-order valence-corrected chi connectivity index (χ3v) is 4.10. The van der Waals surface area contributed by atoms with Crippen molar-refractivity contribution in [1.82, 2.24) is 10.2 Å². The quantitative estimate of drug-likeness (QED) is 0.809. The van der Waals surface area contributed by atoms with E-state index in [0.717, 1.165) is 18.5 Å². The first-order valence-electron chi connectivity index (χ1n) is 7.67. The van der Waals surface area contributed by atoms with Gasteiger partial charge in [0.05, 0.1) is 30.9 Å². The second-order valence-corrected chi connectivity index (χ2v) is 5.72. The molecule has 0 aliphatic carbocycles. The number of benzene rings is 1. The first kappa shape index (κ1) is 17.4. The van der Waals surface area contributed by atoms with Crippen molar-refractivity contribution < 1.29 is 14.3 Å². The van der Waals surface area contributed by atoms with Crippen LogP contribution in [0.1, 0.15) is 17.5 Å². The largest absolute Gasteiger partial charge is 0.383 e. The fourth-order valence-corrected chi connectivity index (χ4v) is 2.81. The zero-order valence-electron chi connectivity index (χ0n) is 13.6. The number of likely N-dealkylation sites (tertiary alicyclic amines) is 1. The van der Waals surface area contributed by atoms with Crippen LogP contribution in [-0.4, -0.2) is 56.9 Å². The van der Waals surface area contributed by atoms with Gasteiger partial charge in [-0.05, 0) is 24.1 Å². The third kappa shape index (κ3) is 5.03. The summed E-state index contributed by atoms with van der Waals surface area (Å²) >= 11 is 0. The Morgan fingerprint density at radius 3 is 2.74 bits per heavy atom. The molecule has 1 fully saturated rings. The molecule has 0 saturated carbocycles. The maximum Gasteiger partial charge on any atom is 0.234 e. The predicted molar refractivity (Wildman–Crippen MR) is 85.7 cm³/mol. The van der Waals surface area contributed by atoms with Gasteiger partial charge in [0.1, 0.15) is 0 Å². The third-order valence-electron chi connectivity index (χ3n) is 4.10. The van der Waals surface area contributed by atoms with Crippen molar-refractivity contribution >= 4 is 5.91 Å². The molecule has 0 aromatic heterocycles. The smallest absolute Gasteiger partial charge is 0.234 e. The van der Waals surface area contributed by atoms with Gasteiger partial charge in [-0.15, -0.1) is 0 Å². The Kier molecular flexibility index (Phi) is 6.53. The molecule has 1 saturated heterocycles. The van der Waals surface area contributed by atoms with E-state index in [4.69, 9.17) is 14.7 Å². The summed E-state index contributed by atoms with van der Waals surface area (Å²) in [5.74, 6) is -0.0211. The molecule has 1 N–H and O–H groups in total. The summed E-state index contributed by atoms with van der Waals surface area (Å²) in [4.78, 5) is 14.3. The summed E-state index contributed by atoms with van der Waals surface area (Å²) in [6, 6.07) is 9.49. The molecule has 1 aromatic carbocycles. The van der Waals surface area contributed by atoms with Gasteiger partial charge in [0.2, 0.25) is 5.91 Å². The van der Waals surface area contributed by atoms with Gasteiger partial charge in [0, 0.05) is 33.4 Å². The zero-order chi connectivity index (χ0) is 16.7. The fourth-order valence-electron chi connectivity index (χ4n) is 2.81. The molecular weight excluding hydrogens is 294 g/mol. The molecule has 0 unspecified atom stereocenters. The van der Waals surface area contributed by atoms with Crippen molar-refractivity contribution in [2.75, 3.05) is 33.9 Å². The number of nitrogens with zero attached hydrogens (tertiary/aromatic N) is 2. The SMILES string of the molecule is COC[C@@H]1C[C@H](OC)CN1CC(=O)NCc1ccc(C#N)cc1. The van der Waals surface area contributed by atoms with Crippen LogP contribution in [-0.2, 0) is 20.8 Å². The van der Waals surface area contributed by atoms with Crippen molar-refractivity contribution in [3.63, 3.8) is 0 Å². The maximum absolute atomic E-state index is 12.2. The molecule has 0 spiro atoms. The van der Waals surface area contributed by atoms with Crippen LogP contribution in [0.15, 0.2) is 24.3 Å². The second kappa shape index (κ2) is 8.63. The molecule has 1 amide bonds. The van der Waals surface area contributed by atoms with Crippen molar-refractivity contribution in [3.8, 4) is 6.07 Å². The molecule has 0 bridgehead atoms. The number of hydrogen-bond donors (Lipinski definition) is 1. The summed E-state index contributed by atoms with van der Waals surface area (Å²) in [5.41, 5.74) is 1.59. The number of ether oxygens (including phenoxy) is 2. The normalized spacial score (nSPS) is 21.1. The minimum absolute atomic E-state index is 0.0211. The van der Waals surface area contributed by atoms with E-state index in [1.54, 1.807) is 26.4 Å². The highest BCUT2D eigenvalue weighted by molar-refractivity contribution is 5.78. The molecule has 0 radical (unpaired) electrons. The number of hydrogen-bond acceptors (Lipinski definition) is 5. The summed E-state index contributed by atoms with van der Waals surface area (Å²) in [6.07, 6.45) is 1.04. The summed E-state index contributed by atoms with van der Waals surface area (Å²) in [5, 5.41) is 11.7. The highest BCUT2D eigenvalue weighted by Gasteiger charge is 2.32. The lowest BCUT2D eigenvalue weighted by atomic mass is 10.1. The first-order valence-corrected chi connectivity index (χ1v) is 7.67. The Balaban J connectivity index is 1.82. The molecule has 1 aliphatic rings. The van der Waals surface area contributed by atoms with Gasteiger partial charge in [-0.25, -0.2) is 0 Å². The monoisotopic (exact) mass is 317 g/mol. The Labute approximate surface area is 137 Å². The molecule has 2 atom stereocenters. The van der Waals surface area contributed by atoms with Gasteiger partial charge in [0.25, 0.3) is 0 Å². The second-order valence-electron chi connectivity index (χ2n) is 5.72. The highest BCUT2D eigenvalue weighted by Crippen LogP contribution is 2.19. The average molecular weight is 317 g/mol.